The second-order valence-electron chi connectivity index (χ2n) is 8.79. The number of anilines is 2. The third-order valence-electron chi connectivity index (χ3n) is 5.82. The zero-order valence-corrected chi connectivity index (χ0v) is 20.5. The maximum absolute atomic E-state index is 14.8. The van der Waals surface area contributed by atoms with E-state index in [1.165, 1.54) is 34.1 Å². The zero-order chi connectivity index (χ0) is 24.9. The van der Waals surface area contributed by atoms with Gasteiger partial charge in [-0.3, -0.25) is 4.79 Å². The topological polar surface area (TPSA) is 76.4 Å². The molecule has 0 bridgehead atoms. The van der Waals surface area contributed by atoms with E-state index in [0.717, 1.165) is 11.6 Å². The van der Waals surface area contributed by atoms with Crippen molar-refractivity contribution >= 4 is 32.8 Å². The maximum Gasteiger partial charge on any atom is 0.250 e. The predicted molar refractivity (Wildman–Crippen MR) is 132 cm³/mol. The highest BCUT2D eigenvalue weighted by Crippen LogP contribution is 2.37. The minimum Gasteiger partial charge on any atom is -0.367 e. The van der Waals surface area contributed by atoms with E-state index < -0.39 is 11.6 Å². The Morgan fingerprint density at radius 3 is 2.63 bits per heavy atom. The van der Waals surface area contributed by atoms with Gasteiger partial charge < -0.3 is 19.1 Å². The van der Waals surface area contributed by atoms with Crippen LogP contribution in [0.3, 0.4) is 0 Å². The van der Waals surface area contributed by atoms with Gasteiger partial charge in [-0.15, -0.1) is 0 Å². The Morgan fingerprint density at radius 1 is 1.11 bits per heavy atom. The lowest BCUT2D eigenvalue weighted by molar-refractivity contribution is -0.0181. The van der Waals surface area contributed by atoms with Gasteiger partial charge in [-0.05, 0) is 30.7 Å². The van der Waals surface area contributed by atoms with E-state index in [2.05, 4.69) is 4.98 Å². The molecule has 11 heteroatoms. The van der Waals surface area contributed by atoms with Crippen LogP contribution in [-0.4, -0.2) is 52.8 Å². The molecular formula is C24H24F2N6O2S. The van der Waals surface area contributed by atoms with Crippen LogP contribution in [0.1, 0.15) is 18.6 Å². The number of halogens is 2. The van der Waals surface area contributed by atoms with Crippen molar-refractivity contribution in [3.05, 3.63) is 64.1 Å². The summed E-state index contributed by atoms with van der Waals surface area (Å²) in [7, 11) is 5.43. The minimum absolute atomic E-state index is 0.102. The fourth-order valence-electron chi connectivity index (χ4n) is 4.10. The summed E-state index contributed by atoms with van der Waals surface area (Å²) in [6, 6.07) is 6.73. The molecule has 0 spiro atoms. The van der Waals surface area contributed by atoms with Gasteiger partial charge in [0, 0.05) is 51.6 Å². The molecule has 1 aromatic carbocycles. The molecule has 1 fully saturated rings. The molecule has 1 aliphatic heterocycles. The summed E-state index contributed by atoms with van der Waals surface area (Å²) in [4.78, 5) is 29.7. The van der Waals surface area contributed by atoms with E-state index >= 15 is 0 Å². The van der Waals surface area contributed by atoms with Crippen molar-refractivity contribution in [3.8, 4) is 11.3 Å². The molecule has 4 aromatic rings. The molecule has 0 radical (unpaired) electrons. The summed E-state index contributed by atoms with van der Waals surface area (Å²) in [5.41, 5.74) is 1.75. The lowest BCUT2D eigenvalue weighted by Gasteiger charge is -2.37. The minimum atomic E-state index is -0.700. The second-order valence-corrected chi connectivity index (χ2v) is 9.77. The first-order chi connectivity index (χ1) is 16.7. The highest BCUT2D eigenvalue weighted by molar-refractivity contribution is 7.22. The smallest absolute Gasteiger partial charge is 0.250 e. The van der Waals surface area contributed by atoms with E-state index in [1.54, 1.807) is 19.3 Å². The fourth-order valence-corrected chi connectivity index (χ4v) is 5.04. The average Bonchev–Trinajstić information content (AvgIpc) is 3.25. The Bertz CT molecular complexity index is 1470. The Labute approximate surface area is 204 Å². The third-order valence-corrected chi connectivity index (χ3v) is 7.04. The molecule has 0 aliphatic carbocycles. The summed E-state index contributed by atoms with van der Waals surface area (Å²) in [5.74, 6) is -0.969. The number of pyridine rings is 1. The summed E-state index contributed by atoms with van der Waals surface area (Å²) < 4.78 is 36.7. The number of benzene rings is 1. The molecule has 2 atom stereocenters. The number of fused-ring (bicyclic) bond motifs is 1. The van der Waals surface area contributed by atoms with Crippen LogP contribution in [0.5, 0.6) is 0 Å². The van der Waals surface area contributed by atoms with E-state index in [-0.39, 0.29) is 23.3 Å². The van der Waals surface area contributed by atoms with Crippen molar-refractivity contribution < 1.29 is 13.5 Å². The second kappa shape index (κ2) is 8.97. The van der Waals surface area contributed by atoms with Gasteiger partial charge in [-0.2, -0.15) is 9.97 Å². The standard InChI is InChI=1S/C24H24F2N6O2S/c1-13-10-32(12-18(34-13)14-5-8-19(33)31(4)11-14)23-27-20(16-7-6-15(25)9-17(16)26)21-22(28-23)29-24(35-21)30(2)3/h5-9,11,13,18H,10,12H2,1-4H3. The molecule has 0 saturated carbocycles. The van der Waals surface area contributed by atoms with Gasteiger partial charge >= 0.3 is 0 Å². The first kappa shape index (κ1) is 23.3. The molecule has 3 aromatic heterocycles. The van der Waals surface area contributed by atoms with Crippen LogP contribution < -0.4 is 15.4 Å². The molecule has 8 nitrogen and oxygen atoms in total. The Hall–Kier alpha value is -3.44. The predicted octanol–water partition coefficient (Wildman–Crippen LogP) is 3.76. The van der Waals surface area contributed by atoms with E-state index in [9.17, 15) is 13.6 Å². The van der Waals surface area contributed by atoms with Crippen LogP contribution in [0.25, 0.3) is 21.6 Å². The highest BCUT2D eigenvalue weighted by atomic mass is 32.1. The van der Waals surface area contributed by atoms with Gasteiger partial charge in [0.15, 0.2) is 10.8 Å². The highest BCUT2D eigenvalue weighted by Gasteiger charge is 2.30. The SMILES string of the molecule is CC1CN(c2nc(-c3ccc(F)cc3F)c3sc(N(C)C)nc3n2)CC(c2ccc(=O)n(C)c2)O1. The van der Waals surface area contributed by atoms with Gasteiger partial charge in [-0.1, -0.05) is 11.3 Å². The summed E-state index contributed by atoms with van der Waals surface area (Å²) in [5, 5.41) is 0.702. The average molecular weight is 499 g/mol. The fraction of sp³-hybridized carbons (Fsp3) is 0.333. The molecule has 1 saturated heterocycles. The molecule has 4 heterocycles. The Balaban J connectivity index is 1.61. The van der Waals surface area contributed by atoms with Gasteiger partial charge in [0.1, 0.15) is 22.4 Å². The van der Waals surface area contributed by atoms with Gasteiger partial charge in [0.2, 0.25) is 11.5 Å². The van der Waals surface area contributed by atoms with Crippen molar-refractivity contribution in [2.24, 2.45) is 7.05 Å². The molecular weight excluding hydrogens is 474 g/mol. The van der Waals surface area contributed by atoms with Crippen LogP contribution in [0.4, 0.5) is 19.9 Å². The van der Waals surface area contributed by atoms with Crippen molar-refractivity contribution in [3.63, 3.8) is 0 Å². The Kier molecular flexibility index (Phi) is 5.97. The first-order valence-corrected chi connectivity index (χ1v) is 11.9. The summed E-state index contributed by atoms with van der Waals surface area (Å²) in [6.45, 7) is 2.90. The number of aryl methyl sites for hydroxylation is 1. The van der Waals surface area contributed by atoms with Crippen molar-refractivity contribution in [2.45, 2.75) is 19.1 Å². The number of rotatable bonds is 4. The van der Waals surface area contributed by atoms with Crippen LogP contribution in [0, 0.1) is 11.6 Å². The van der Waals surface area contributed by atoms with Crippen LogP contribution in [0.15, 0.2) is 41.3 Å². The van der Waals surface area contributed by atoms with Crippen LogP contribution >= 0.6 is 11.3 Å². The largest absolute Gasteiger partial charge is 0.367 e. The molecule has 35 heavy (non-hydrogen) atoms. The number of hydrogen-bond donors (Lipinski definition) is 0. The first-order valence-electron chi connectivity index (χ1n) is 11.1. The molecule has 2 unspecified atom stereocenters. The summed E-state index contributed by atoms with van der Waals surface area (Å²) >= 11 is 1.35. The number of hydrogen-bond acceptors (Lipinski definition) is 8. The number of aromatic nitrogens is 4. The molecule has 5 rings (SSSR count). The zero-order valence-electron chi connectivity index (χ0n) is 19.7. The lowest BCUT2D eigenvalue weighted by Crippen LogP contribution is -2.44. The number of thiazole rings is 1. The Morgan fingerprint density at radius 2 is 1.91 bits per heavy atom. The monoisotopic (exact) mass is 498 g/mol. The quantitative estimate of drug-likeness (QED) is 0.424. The molecule has 182 valence electrons. The summed E-state index contributed by atoms with van der Waals surface area (Å²) in [6.07, 6.45) is 1.30. The van der Waals surface area contributed by atoms with Crippen molar-refractivity contribution in [1.82, 2.24) is 19.5 Å². The van der Waals surface area contributed by atoms with Crippen LogP contribution in [0.2, 0.25) is 0 Å². The van der Waals surface area contributed by atoms with E-state index in [1.807, 2.05) is 30.8 Å². The molecule has 0 N–H and O–H groups in total. The van der Waals surface area contributed by atoms with Crippen molar-refractivity contribution in [1.29, 1.82) is 0 Å². The van der Waals surface area contributed by atoms with Crippen LogP contribution in [-0.2, 0) is 11.8 Å². The normalized spacial score (nSPS) is 18.3. The van der Waals surface area contributed by atoms with Crippen molar-refractivity contribution in [2.75, 3.05) is 37.0 Å². The van der Waals surface area contributed by atoms with E-state index in [4.69, 9.17) is 14.7 Å². The maximum atomic E-state index is 14.8. The van der Waals surface area contributed by atoms with E-state index in [0.29, 0.717) is 40.2 Å². The van der Waals surface area contributed by atoms with Gasteiger partial charge in [-0.25, -0.2) is 13.8 Å². The third kappa shape index (κ3) is 4.48. The number of morpholine rings is 1. The molecule has 1 aliphatic rings. The molecule has 0 amide bonds. The number of nitrogens with zero attached hydrogens (tertiary/aromatic N) is 6. The number of ether oxygens (including phenoxy) is 1. The van der Waals surface area contributed by atoms with Gasteiger partial charge in [0.25, 0.3) is 0 Å². The van der Waals surface area contributed by atoms with Gasteiger partial charge in [0.05, 0.1) is 18.3 Å². The lowest BCUT2D eigenvalue weighted by atomic mass is 10.1.